The Bertz CT molecular complexity index is 596. The summed E-state index contributed by atoms with van der Waals surface area (Å²) in [5, 5.41) is 0.683. The topological polar surface area (TPSA) is 40.6 Å². The first-order chi connectivity index (χ1) is 11.6. The van der Waals surface area contributed by atoms with Crippen LogP contribution in [0.25, 0.3) is 0 Å². The highest BCUT2D eigenvalue weighted by molar-refractivity contribution is 8.00. The van der Waals surface area contributed by atoms with Crippen molar-refractivity contribution in [3.63, 3.8) is 0 Å². The quantitative estimate of drug-likeness (QED) is 0.768. The number of hydrogen-bond acceptors (Lipinski definition) is 3. The highest BCUT2D eigenvalue weighted by Crippen LogP contribution is 2.28. The number of hydrogen-bond donors (Lipinski definition) is 0. The number of nitrogens with zero attached hydrogens (tertiary/aromatic N) is 2. The standard InChI is InChI=1S/C18H23ClN2O2S/c19-15-7-3-4-8-16(15)24-13-17(22)20-9-11-21(12-10-20)18(23)14-5-1-2-6-14/h3-4,7-8,14H,1-2,5-6,9-13H2. The second-order valence-electron chi connectivity index (χ2n) is 6.41. The third-order valence-corrected chi connectivity index (χ3v) is 6.34. The number of halogens is 1. The molecular formula is C18H23ClN2O2S. The van der Waals surface area contributed by atoms with Crippen LogP contribution in [-0.2, 0) is 9.59 Å². The summed E-state index contributed by atoms with van der Waals surface area (Å²) in [5.74, 6) is 1.03. The summed E-state index contributed by atoms with van der Waals surface area (Å²) in [6.07, 6.45) is 4.42. The van der Waals surface area contributed by atoms with E-state index in [1.807, 2.05) is 34.1 Å². The minimum Gasteiger partial charge on any atom is -0.339 e. The van der Waals surface area contributed by atoms with Gasteiger partial charge in [-0.3, -0.25) is 9.59 Å². The van der Waals surface area contributed by atoms with Crippen LogP contribution in [0, 0.1) is 5.92 Å². The molecule has 6 heteroatoms. The monoisotopic (exact) mass is 366 g/mol. The van der Waals surface area contributed by atoms with Crippen molar-refractivity contribution in [2.75, 3.05) is 31.9 Å². The lowest BCUT2D eigenvalue weighted by Crippen LogP contribution is -2.52. The van der Waals surface area contributed by atoms with Crippen molar-refractivity contribution in [3.05, 3.63) is 29.3 Å². The van der Waals surface area contributed by atoms with Gasteiger partial charge in [0.15, 0.2) is 0 Å². The third-order valence-electron chi connectivity index (χ3n) is 4.84. The average molecular weight is 367 g/mol. The van der Waals surface area contributed by atoms with Crippen molar-refractivity contribution in [1.82, 2.24) is 9.80 Å². The van der Waals surface area contributed by atoms with Crippen molar-refractivity contribution in [1.29, 1.82) is 0 Å². The molecule has 0 spiro atoms. The number of piperazine rings is 1. The van der Waals surface area contributed by atoms with Gasteiger partial charge >= 0.3 is 0 Å². The molecule has 2 aliphatic rings. The fourth-order valence-electron chi connectivity index (χ4n) is 3.40. The molecule has 4 nitrogen and oxygen atoms in total. The fourth-order valence-corrected chi connectivity index (χ4v) is 4.54. The molecule has 2 fully saturated rings. The normalized spacial score (nSPS) is 18.9. The Morgan fingerprint density at radius 1 is 1.04 bits per heavy atom. The van der Waals surface area contributed by atoms with Crippen molar-refractivity contribution >= 4 is 35.2 Å². The van der Waals surface area contributed by atoms with E-state index in [2.05, 4.69) is 0 Å². The number of thioether (sulfide) groups is 1. The highest BCUT2D eigenvalue weighted by atomic mass is 35.5. The zero-order valence-corrected chi connectivity index (χ0v) is 15.3. The lowest BCUT2D eigenvalue weighted by molar-refractivity contribution is -0.141. The maximum atomic E-state index is 12.4. The largest absolute Gasteiger partial charge is 0.339 e. The van der Waals surface area contributed by atoms with E-state index in [9.17, 15) is 9.59 Å². The molecule has 1 saturated heterocycles. The van der Waals surface area contributed by atoms with Gasteiger partial charge in [-0.15, -0.1) is 11.8 Å². The molecule has 0 unspecified atom stereocenters. The molecule has 0 atom stereocenters. The van der Waals surface area contributed by atoms with Gasteiger partial charge in [0.1, 0.15) is 0 Å². The second kappa shape index (κ2) is 8.26. The highest BCUT2D eigenvalue weighted by Gasteiger charge is 2.30. The van der Waals surface area contributed by atoms with E-state index >= 15 is 0 Å². The number of amides is 2. The Labute approximate surface area is 152 Å². The molecule has 130 valence electrons. The molecule has 24 heavy (non-hydrogen) atoms. The molecule has 2 amide bonds. The van der Waals surface area contributed by atoms with Gasteiger partial charge in [0.25, 0.3) is 0 Å². The van der Waals surface area contributed by atoms with Gasteiger partial charge in [-0.2, -0.15) is 0 Å². The van der Waals surface area contributed by atoms with E-state index in [0.717, 1.165) is 17.7 Å². The van der Waals surface area contributed by atoms with Gasteiger partial charge in [-0.05, 0) is 25.0 Å². The summed E-state index contributed by atoms with van der Waals surface area (Å²) in [4.78, 5) is 29.5. The van der Waals surface area contributed by atoms with Crippen LogP contribution in [0.3, 0.4) is 0 Å². The number of benzene rings is 1. The SMILES string of the molecule is O=C(CSc1ccccc1Cl)N1CCN(C(=O)C2CCCC2)CC1. The molecule has 1 aliphatic carbocycles. The first-order valence-corrected chi connectivity index (χ1v) is 9.95. The van der Waals surface area contributed by atoms with Crippen LogP contribution in [0.15, 0.2) is 29.2 Å². The molecule has 0 N–H and O–H groups in total. The molecule has 1 saturated carbocycles. The van der Waals surface area contributed by atoms with Crippen LogP contribution in [0.2, 0.25) is 5.02 Å². The maximum Gasteiger partial charge on any atom is 0.233 e. The van der Waals surface area contributed by atoms with Crippen molar-refractivity contribution in [2.24, 2.45) is 5.92 Å². The van der Waals surface area contributed by atoms with Crippen LogP contribution in [0.1, 0.15) is 25.7 Å². The van der Waals surface area contributed by atoms with Gasteiger partial charge in [0.2, 0.25) is 11.8 Å². The number of carbonyl (C=O) groups excluding carboxylic acids is 2. The van der Waals surface area contributed by atoms with Gasteiger partial charge in [-0.25, -0.2) is 0 Å². The lowest BCUT2D eigenvalue weighted by atomic mass is 10.1. The van der Waals surface area contributed by atoms with E-state index in [0.29, 0.717) is 42.9 Å². The lowest BCUT2D eigenvalue weighted by Gasteiger charge is -2.36. The summed E-state index contributed by atoms with van der Waals surface area (Å²) in [6.45, 7) is 2.61. The van der Waals surface area contributed by atoms with Crippen LogP contribution in [0.4, 0.5) is 0 Å². The van der Waals surface area contributed by atoms with Gasteiger partial charge in [0, 0.05) is 37.0 Å². The molecule has 0 bridgehead atoms. The van der Waals surface area contributed by atoms with Crippen LogP contribution in [-0.4, -0.2) is 53.5 Å². The molecule has 1 heterocycles. The van der Waals surface area contributed by atoms with Crippen LogP contribution in [0.5, 0.6) is 0 Å². The molecular weight excluding hydrogens is 344 g/mol. The van der Waals surface area contributed by atoms with E-state index in [1.54, 1.807) is 0 Å². The second-order valence-corrected chi connectivity index (χ2v) is 7.83. The van der Waals surface area contributed by atoms with Gasteiger partial charge in [0.05, 0.1) is 10.8 Å². The fraction of sp³-hybridized carbons (Fsp3) is 0.556. The zero-order chi connectivity index (χ0) is 16.9. The van der Waals surface area contributed by atoms with Gasteiger partial charge in [-0.1, -0.05) is 36.6 Å². The molecule has 1 aromatic carbocycles. The van der Waals surface area contributed by atoms with Crippen molar-refractivity contribution in [2.45, 2.75) is 30.6 Å². The Morgan fingerprint density at radius 3 is 2.33 bits per heavy atom. The smallest absolute Gasteiger partial charge is 0.233 e. The van der Waals surface area contributed by atoms with Gasteiger partial charge < -0.3 is 9.80 Å². The van der Waals surface area contributed by atoms with E-state index < -0.39 is 0 Å². The Balaban J connectivity index is 1.45. The summed E-state index contributed by atoms with van der Waals surface area (Å²) >= 11 is 7.59. The molecule has 1 aromatic rings. The molecule has 1 aliphatic heterocycles. The summed E-state index contributed by atoms with van der Waals surface area (Å²) in [5.41, 5.74) is 0. The predicted octanol–water partition coefficient (Wildman–Crippen LogP) is 3.29. The summed E-state index contributed by atoms with van der Waals surface area (Å²) in [6, 6.07) is 7.57. The first kappa shape index (κ1) is 17.6. The van der Waals surface area contributed by atoms with E-state index in [-0.39, 0.29) is 11.8 Å². The number of rotatable bonds is 4. The third kappa shape index (κ3) is 4.25. The zero-order valence-electron chi connectivity index (χ0n) is 13.7. The van der Waals surface area contributed by atoms with Crippen LogP contribution >= 0.6 is 23.4 Å². The Kier molecular flexibility index (Phi) is 6.06. The Morgan fingerprint density at radius 2 is 1.67 bits per heavy atom. The minimum absolute atomic E-state index is 0.118. The summed E-state index contributed by atoms with van der Waals surface area (Å²) < 4.78 is 0. The van der Waals surface area contributed by atoms with Crippen molar-refractivity contribution in [3.8, 4) is 0 Å². The molecule has 0 radical (unpaired) electrons. The summed E-state index contributed by atoms with van der Waals surface area (Å²) in [7, 11) is 0. The van der Waals surface area contributed by atoms with E-state index in [1.165, 1.54) is 24.6 Å². The molecule has 0 aromatic heterocycles. The number of carbonyl (C=O) groups is 2. The minimum atomic E-state index is 0.118. The van der Waals surface area contributed by atoms with Crippen molar-refractivity contribution < 1.29 is 9.59 Å². The first-order valence-electron chi connectivity index (χ1n) is 8.59. The Hall–Kier alpha value is -1.20. The van der Waals surface area contributed by atoms with E-state index in [4.69, 9.17) is 11.6 Å². The maximum absolute atomic E-state index is 12.4. The predicted molar refractivity (Wildman–Crippen MR) is 97.3 cm³/mol. The van der Waals surface area contributed by atoms with Crippen LogP contribution < -0.4 is 0 Å². The average Bonchev–Trinajstić information content (AvgIpc) is 3.15. The molecule has 3 rings (SSSR count).